The summed E-state index contributed by atoms with van der Waals surface area (Å²) in [7, 11) is 1.66. The van der Waals surface area contributed by atoms with Crippen LogP contribution >= 0.6 is 0 Å². The minimum Gasteiger partial charge on any atom is -0.491 e. The predicted molar refractivity (Wildman–Crippen MR) is 53.3 cm³/mol. The molecule has 1 aromatic carbocycles. The zero-order valence-corrected chi connectivity index (χ0v) is 8.50. The van der Waals surface area contributed by atoms with Crippen LogP contribution < -0.4 is 4.74 Å². The van der Waals surface area contributed by atoms with E-state index in [1.54, 1.807) is 7.11 Å². The highest BCUT2D eigenvalue weighted by atomic mass is 19.1. The molecule has 0 saturated carbocycles. The van der Waals surface area contributed by atoms with E-state index in [0.29, 0.717) is 5.75 Å². The Bertz CT molecular complexity index is 258. The summed E-state index contributed by atoms with van der Waals surface area (Å²) in [6.45, 7) is 1.62. The van der Waals surface area contributed by atoms with Gasteiger partial charge >= 0.3 is 0 Å². The van der Waals surface area contributed by atoms with E-state index >= 15 is 0 Å². The molecule has 1 aromatic rings. The Morgan fingerprint density at radius 3 is 2.43 bits per heavy atom. The molecule has 0 spiro atoms. The molecule has 0 aliphatic heterocycles. The van der Waals surface area contributed by atoms with E-state index in [2.05, 4.69) is 0 Å². The number of benzene rings is 1. The molecule has 0 bridgehead atoms. The van der Waals surface area contributed by atoms with Gasteiger partial charge < -0.3 is 9.47 Å². The zero-order chi connectivity index (χ0) is 10.4. The topological polar surface area (TPSA) is 18.5 Å². The van der Waals surface area contributed by atoms with Crippen LogP contribution in [0.5, 0.6) is 5.75 Å². The van der Waals surface area contributed by atoms with Crippen molar-refractivity contribution in [3.8, 4) is 5.75 Å². The van der Waals surface area contributed by atoms with Crippen molar-refractivity contribution < 1.29 is 13.9 Å². The first-order chi connectivity index (χ1) is 6.77. The zero-order valence-electron chi connectivity index (χ0n) is 8.50. The second-order valence-electron chi connectivity index (χ2n) is 2.98. The molecule has 3 heteroatoms. The molecule has 1 rings (SSSR count). The molecule has 0 aliphatic rings. The van der Waals surface area contributed by atoms with Crippen LogP contribution in [0.3, 0.4) is 0 Å². The summed E-state index contributed by atoms with van der Waals surface area (Å²) in [5, 5.41) is 0. The van der Waals surface area contributed by atoms with Crippen LogP contribution in [0.4, 0.5) is 4.39 Å². The maximum atomic E-state index is 11.8. The van der Waals surface area contributed by atoms with E-state index in [4.69, 9.17) is 9.47 Å². The predicted octanol–water partition coefficient (Wildman–Crippen LogP) is 2.74. The maximum Gasteiger partial charge on any atom is 0.123 e. The van der Waals surface area contributed by atoms with Crippen molar-refractivity contribution in [2.24, 2.45) is 0 Å². The Balaban J connectivity index is 2.59. The van der Waals surface area contributed by atoms with Gasteiger partial charge in [0.15, 0.2) is 0 Å². The van der Waals surface area contributed by atoms with Gasteiger partial charge in [-0.15, -0.1) is 0 Å². The number of halogens is 1. The summed E-state index contributed by atoms with van der Waals surface area (Å²) in [4.78, 5) is 0. The van der Waals surface area contributed by atoms with Crippen LogP contribution in [0, 0.1) is 0 Å². The number of methoxy groups -OCH3 is 1. The van der Waals surface area contributed by atoms with Crippen molar-refractivity contribution in [3.63, 3.8) is 0 Å². The number of alkyl halides is 1. The molecule has 0 N–H and O–H groups in total. The highest BCUT2D eigenvalue weighted by Gasteiger charge is 2.02. The van der Waals surface area contributed by atoms with Gasteiger partial charge in [-0.25, -0.2) is 4.39 Å². The van der Waals surface area contributed by atoms with Crippen molar-refractivity contribution in [2.75, 3.05) is 20.4 Å². The first-order valence-electron chi connectivity index (χ1n) is 4.59. The molecular formula is C11H15FO2. The quantitative estimate of drug-likeness (QED) is 0.724. The average Bonchev–Trinajstić information content (AvgIpc) is 2.26. The van der Waals surface area contributed by atoms with Crippen LogP contribution in [0.25, 0.3) is 0 Å². The lowest BCUT2D eigenvalue weighted by atomic mass is 10.1. The van der Waals surface area contributed by atoms with E-state index in [1.807, 2.05) is 31.2 Å². The molecule has 14 heavy (non-hydrogen) atoms. The van der Waals surface area contributed by atoms with E-state index < -0.39 is 6.67 Å². The smallest absolute Gasteiger partial charge is 0.123 e. The van der Waals surface area contributed by atoms with Gasteiger partial charge in [0.1, 0.15) is 19.0 Å². The van der Waals surface area contributed by atoms with Gasteiger partial charge in [0.25, 0.3) is 0 Å². The first-order valence-corrected chi connectivity index (χ1v) is 4.59. The van der Waals surface area contributed by atoms with E-state index in [1.165, 1.54) is 0 Å². The van der Waals surface area contributed by atoms with E-state index in [-0.39, 0.29) is 12.7 Å². The van der Waals surface area contributed by atoms with Crippen LogP contribution in [0.1, 0.15) is 18.6 Å². The van der Waals surface area contributed by atoms with Gasteiger partial charge in [-0.1, -0.05) is 12.1 Å². The largest absolute Gasteiger partial charge is 0.491 e. The third kappa shape index (κ3) is 3.00. The summed E-state index contributed by atoms with van der Waals surface area (Å²) >= 11 is 0. The van der Waals surface area contributed by atoms with Crippen molar-refractivity contribution in [1.82, 2.24) is 0 Å². The highest BCUT2D eigenvalue weighted by Crippen LogP contribution is 2.19. The maximum absolute atomic E-state index is 11.8. The van der Waals surface area contributed by atoms with Gasteiger partial charge in [-0.05, 0) is 24.6 Å². The van der Waals surface area contributed by atoms with Gasteiger partial charge in [-0.2, -0.15) is 0 Å². The number of rotatable bonds is 5. The lowest BCUT2D eigenvalue weighted by Crippen LogP contribution is -1.99. The standard InChI is InChI=1S/C11H15FO2/c1-9(13-2)10-3-5-11(6-4-10)14-8-7-12/h3-6,9H,7-8H2,1-2H3/t9-/m1/s1. The van der Waals surface area contributed by atoms with E-state index in [9.17, 15) is 4.39 Å². The normalized spacial score (nSPS) is 12.5. The van der Waals surface area contributed by atoms with Gasteiger partial charge in [-0.3, -0.25) is 0 Å². The fraction of sp³-hybridized carbons (Fsp3) is 0.455. The number of ether oxygens (including phenoxy) is 2. The van der Waals surface area contributed by atoms with Gasteiger partial charge in [0, 0.05) is 7.11 Å². The highest BCUT2D eigenvalue weighted by molar-refractivity contribution is 5.28. The Kier molecular flexibility index (Phi) is 4.40. The third-order valence-electron chi connectivity index (χ3n) is 2.05. The molecule has 0 saturated heterocycles. The molecule has 0 aromatic heterocycles. The van der Waals surface area contributed by atoms with Crippen molar-refractivity contribution in [3.05, 3.63) is 29.8 Å². The molecule has 2 nitrogen and oxygen atoms in total. The van der Waals surface area contributed by atoms with Gasteiger partial charge in [0.05, 0.1) is 6.10 Å². The number of hydrogen-bond acceptors (Lipinski definition) is 2. The van der Waals surface area contributed by atoms with Crippen LogP contribution in [0.2, 0.25) is 0 Å². The minimum absolute atomic E-state index is 0.0743. The van der Waals surface area contributed by atoms with Crippen LogP contribution in [-0.4, -0.2) is 20.4 Å². The van der Waals surface area contributed by atoms with Crippen molar-refractivity contribution in [1.29, 1.82) is 0 Å². The molecule has 78 valence electrons. The third-order valence-corrected chi connectivity index (χ3v) is 2.05. The summed E-state index contributed by atoms with van der Waals surface area (Å²) < 4.78 is 22.1. The Labute approximate surface area is 83.6 Å². The number of hydrogen-bond donors (Lipinski definition) is 0. The Hall–Kier alpha value is -1.09. The average molecular weight is 198 g/mol. The first kappa shape index (κ1) is 11.0. The molecule has 0 amide bonds. The fourth-order valence-corrected chi connectivity index (χ4v) is 1.13. The van der Waals surface area contributed by atoms with Crippen molar-refractivity contribution in [2.45, 2.75) is 13.0 Å². The summed E-state index contributed by atoms with van der Waals surface area (Å²) in [5.41, 5.74) is 1.08. The van der Waals surface area contributed by atoms with Crippen molar-refractivity contribution >= 4 is 0 Å². The fourth-order valence-electron chi connectivity index (χ4n) is 1.13. The molecular weight excluding hydrogens is 183 g/mol. The molecule has 0 heterocycles. The summed E-state index contributed by atoms with van der Waals surface area (Å²) in [6.07, 6.45) is 0.0743. The Morgan fingerprint density at radius 1 is 1.29 bits per heavy atom. The monoisotopic (exact) mass is 198 g/mol. The Morgan fingerprint density at radius 2 is 1.93 bits per heavy atom. The lowest BCUT2D eigenvalue weighted by Gasteiger charge is -2.10. The second-order valence-corrected chi connectivity index (χ2v) is 2.98. The second kappa shape index (κ2) is 5.60. The molecule has 1 atom stereocenters. The summed E-state index contributed by atoms with van der Waals surface area (Å²) in [6, 6.07) is 7.48. The molecule has 0 radical (unpaired) electrons. The molecule has 0 aliphatic carbocycles. The van der Waals surface area contributed by atoms with E-state index in [0.717, 1.165) is 5.56 Å². The minimum atomic E-state index is -0.462. The SMILES string of the molecule is CO[C@H](C)c1ccc(OCCF)cc1. The summed E-state index contributed by atoms with van der Waals surface area (Å²) in [5.74, 6) is 0.690. The van der Waals surface area contributed by atoms with Gasteiger partial charge in [0.2, 0.25) is 0 Å². The molecule has 0 fully saturated rings. The molecule has 0 unspecified atom stereocenters. The van der Waals surface area contributed by atoms with Crippen LogP contribution in [-0.2, 0) is 4.74 Å². The lowest BCUT2D eigenvalue weighted by molar-refractivity contribution is 0.119. The van der Waals surface area contributed by atoms with Crippen LogP contribution in [0.15, 0.2) is 24.3 Å².